The summed E-state index contributed by atoms with van der Waals surface area (Å²) in [5, 5.41) is 0. The first kappa shape index (κ1) is 13.3. The lowest BCUT2D eigenvalue weighted by Crippen LogP contribution is -2.13. The molecule has 98 valence electrons. The molecule has 0 aromatic heterocycles. The Morgan fingerprint density at radius 3 is 2.32 bits per heavy atom. The molecule has 2 heteroatoms. The average molecular weight is 254 g/mol. The third-order valence-electron chi connectivity index (χ3n) is 3.30. The first-order chi connectivity index (χ1) is 9.27. The molecule has 0 saturated carbocycles. The van der Waals surface area contributed by atoms with Crippen LogP contribution in [0, 0.1) is 0 Å². The standard InChI is InChI=1S/C17H18O2/c1-3-14(13-9-5-4-6-10-13)17(18)15-11-7-8-12-16(15)19-2/h4-12,14H,3H2,1-2H3. The lowest BCUT2D eigenvalue weighted by atomic mass is 9.88. The van der Waals surface area contributed by atoms with Gasteiger partial charge in [0.05, 0.1) is 12.7 Å². The van der Waals surface area contributed by atoms with Gasteiger partial charge in [0.25, 0.3) is 0 Å². The maximum Gasteiger partial charge on any atom is 0.174 e. The molecule has 19 heavy (non-hydrogen) atoms. The number of carbonyl (C=O) groups is 1. The molecule has 0 spiro atoms. The molecule has 0 aliphatic rings. The summed E-state index contributed by atoms with van der Waals surface area (Å²) in [7, 11) is 1.59. The summed E-state index contributed by atoms with van der Waals surface area (Å²) in [5.74, 6) is 0.644. The molecule has 0 fully saturated rings. The van der Waals surface area contributed by atoms with E-state index in [1.807, 2.05) is 61.5 Å². The zero-order valence-corrected chi connectivity index (χ0v) is 11.3. The Morgan fingerprint density at radius 1 is 1.05 bits per heavy atom. The summed E-state index contributed by atoms with van der Waals surface area (Å²) in [5.41, 5.74) is 1.71. The van der Waals surface area contributed by atoms with Crippen LogP contribution in [0.25, 0.3) is 0 Å². The number of para-hydroxylation sites is 1. The van der Waals surface area contributed by atoms with Gasteiger partial charge < -0.3 is 4.74 Å². The zero-order chi connectivity index (χ0) is 13.7. The Balaban J connectivity index is 2.36. The van der Waals surface area contributed by atoms with Gasteiger partial charge in [-0.3, -0.25) is 4.79 Å². The van der Waals surface area contributed by atoms with E-state index in [4.69, 9.17) is 4.74 Å². The second kappa shape index (κ2) is 6.19. The number of ketones is 1. The molecule has 2 rings (SSSR count). The molecule has 0 aliphatic heterocycles. The molecule has 2 aromatic rings. The minimum atomic E-state index is -0.113. The van der Waals surface area contributed by atoms with Crippen LogP contribution in [0.15, 0.2) is 54.6 Å². The Bertz CT molecular complexity index is 546. The summed E-state index contributed by atoms with van der Waals surface area (Å²) < 4.78 is 5.28. The molecule has 1 atom stereocenters. The van der Waals surface area contributed by atoms with Crippen molar-refractivity contribution in [3.05, 3.63) is 65.7 Å². The highest BCUT2D eigenvalue weighted by molar-refractivity contribution is 6.03. The number of ether oxygens (including phenoxy) is 1. The van der Waals surface area contributed by atoms with Crippen LogP contribution in [0.1, 0.15) is 35.2 Å². The Morgan fingerprint density at radius 2 is 1.68 bits per heavy atom. The van der Waals surface area contributed by atoms with Crippen molar-refractivity contribution in [3.63, 3.8) is 0 Å². The number of Topliss-reactive ketones (excluding diaryl/α,β-unsaturated/α-hetero) is 1. The number of benzene rings is 2. The molecular formula is C17H18O2. The van der Waals surface area contributed by atoms with Crippen LogP contribution in [0.3, 0.4) is 0 Å². The molecule has 0 aliphatic carbocycles. The highest BCUT2D eigenvalue weighted by atomic mass is 16.5. The molecule has 0 saturated heterocycles. The topological polar surface area (TPSA) is 26.3 Å². The third kappa shape index (κ3) is 2.84. The second-order valence-electron chi connectivity index (χ2n) is 4.44. The molecule has 1 unspecified atom stereocenters. The fourth-order valence-corrected chi connectivity index (χ4v) is 2.29. The molecule has 2 aromatic carbocycles. The summed E-state index contributed by atoms with van der Waals surface area (Å²) >= 11 is 0. The second-order valence-corrected chi connectivity index (χ2v) is 4.44. The normalized spacial score (nSPS) is 11.9. The van der Waals surface area contributed by atoms with E-state index in [1.54, 1.807) is 7.11 Å². The predicted molar refractivity (Wildman–Crippen MR) is 76.8 cm³/mol. The van der Waals surface area contributed by atoms with E-state index < -0.39 is 0 Å². The summed E-state index contributed by atoms with van der Waals surface area (Å²) in [6, 6.07) is 17.3. The van der Waals surface area contributed by atoms with Crippen LogP contribution < -0.4 is 4.74 Å². The summed E-state index contributed by atoms with van der Waals surface area (Å²) in [4.78, 5) is 12.7. The predicted octanol–water partition coefficient (Wildman–Crippen LogP) is 4.07. The lowest BCUT2D eigenvalue weighted by Gasteiger charge is -2.16. The summed E-state index contributed by atoms with van der Waals surface area (Å²) in [6.07, 6.45) is 0.779. The highest BCUT2D eigenvalue weighted by Crippen LogP contribution is 2.28. The van der Waals surface area contributed by atoms with Gasteiger partial charge in [0.1, 0.15) is 5.75 Å². The van der Waals surface area contributed by atoms with E-state index in [0.29, 0.717) is 11.3 Å². The number of hydrogen-bond acceptors (Lipinski definition) is 2. The van der Waals surface area contributed by atoms with Crippen LogP contribution in [-0.4, -0.2) is 12.9 Å². The van der Waals surface area contributed by atoms with Crippen molar-refractivity contribution in [2.24, 2.45) is 0 Å². The fraction of sp³-hybridized carbons (Fsp3) is 0.235. The van der Waals surface area contributed by atoms with E-state index in [9.17, 15) is 4.79 Å². The van der Waals surface area contributed by atoms with E-state index >= 15 is 0 Å². The van der Waals surface area contributed by atoms with Crippen molar-refractivity contribution in [1.29, 1.82) is 0 Å². The molecule has 0 N–H and O–H groups in total. The van der Waals surface area contributed by atoms with Gasteiger partial charge in [0, 0.05) is 5.92 Å². The first-order valence-electron chi connectivity index (χ1n) is 6.50. The van der Waals surface area contributed by atoms with E-state index in [-0.39, 0.29) is 11.7 Å². The van der Waals surface area contributed by atoms with Crippen LogP contribution in [0.4, 0.5) is 0 Å². The molecule has 0 radical (unpaired) electrons. The maximum absolute atomic E-state index is 12.7. The Hall–Kier alpha value is -2.09. The van der Waals surface area contributed by atoms with Gasteiger partial charge in [-0.15, -0.1) is 0 Å². The number of methoxy groups -OCH3 is 1. The van der Waals surface area contributed by atoms with E-state index in [1.165, 1.54) is 0 Å². The number of rotatable bonds is 5. The lowest BCUT2D eigenvalue weighted by molar-refractivity contribution is 0.0954. The first-order valence-corrected chi connectivity index (χ1v) is 6.50. The van der Waals surface area contributed by atoms with Gasteiger partial charge in [-0.05, 0) is 24.1 Å². The van der Waals surface area contributed by atoms with Crippen molar-refractivity contribution in [2.75, 3.05) is 7.11 Å². The SMILES string of the molecule is CCC(C(=O)c1ccccc1OC)c1ccccc1. The molecule has 0 heterocycles. The van der Waals surface area contributed by atoms with Crippen molar-refractivity contribution in [1.82, 2.24) is 0 Å². The van der Waals surface area contributed by atoms with Gasteiger partial charge in [-0.25, -0.2) is 0 Å². The van der Waals surface area contributed by atoms with Crippen LogP contribution in [0.2, 0.25) is 0 Å². The van der Waals surface area contributed by atoms with E-state index in [2.05, 4.69) is 0 Å². The average Bonchev–Trinajstić information content (AvgIpc) is 2.49. The third-order valence-corrected chi connectivity index (χ3v) is 3.30. The van der Waals surface area contributed by atoms with E-state index in [0.717, 1.165) is 12.0 Å². The maximum atomic E-state index is 12.7. The van der Waals surface area contributed by atoms with Crippen molar-refractivity contribution < 1.29 is 9.53 Å². The fourth-order valence-electron chi connectivity index (χ4n) is 2.29. The van der Waals surface area contributed by atoms with Gasteiger partial charge in [-0.2, -0.15) is 0 Å². The minimum absolute atomic E-state index is 0.113. The quantitative estimate of drug-likeness (QED) is 0.752. The van der Waals surface area contributed by atoms with Crippen molar-refractivity contribution >= 4 is 5.78 Å². The summed E-state index contributed by atoms with van der Waals surface area (Å²) in [6.45, 7) is 2.03. The molecule has 0 amide bonds. The Labute approximate surface area is 114 Å². The number of carbonyl (C=O) groups excluding carboxylic acids is 1. The van der Waals surface area contributed by atoms with Crippen molar-refractivity contribution in [3.8, 4) is 5.75 Å². The monoisotopic (exact) mass is 254 g/mol. The minimum Gasteiger partial charge on any atom is -0.496 e. The van der Waals surface area contributed by atoms with Crippen LogP contribution >= 0.6 is 0 Å². The largest absolute Gasteiger partial charge is 0.496 e. The highest BCUT2D eigenvalue weighted by Gasteiger charge is 2.22. The van der Waals surface area contributed by atoms with Gasteiger partial charge in [-0.1, -0.05) is 49.4 Å². The number of hydrogen-bond donors (Lipinski definition) is 0. The molecule has 0 bridgehead atoms. The van der Waals surface area contributed by atoms with Crippen LogP contribution in [0.5, 0.6) is 5.75 Å². The van der Waals surface area contributed by atoms with Gasteiger partial charge in [0.2, 0.25) is 0 Å². The smallest absolute Gasteiger partial charge is 0.174 e. The molecule has 2 nitrogen and oxygen atoms in total. The van der Waals surface area contributed by atoms with Crippen LogP contribution in [-0.2, 0) is 0 Å². The zero-order valence-electron chi connectivity index (χ0n) is 11.3. The van der Waals surface area contributed by atoms with Crippen molar-refractivity contribution in [2.45, 2.75) is 19.3 Å². The Kier molecular flexibility index (Phi) is 4.35. The molecular weight excluding hydrogens is 236 g/mol. The van der Waals surface area contributed by atoms with Gasteiger partial charge in [0.15, 0.2) is 5.78 Å². The van der Waals surface area contributed by atoms with Gasteiger partial charge >= 0.3 is 0 Å².